The number of phenols is 1. The Bertz CT molecular complexity index is 772. The number of fused-ring (bicyclic) bond motifs is 1. The number of aromatic nitrogens is 1. The first-order valence-electron chi connectivity index (χ1n) is 6.71. The topological polar surface area (TPSA) is 54.4 Å². The molecule has 0 aliphatic rings. The van der Waals surface area contributed by atoms with Gasteiger partial charge in [0.2, 0.25) is 0 Å². The normalized spacial score (nSPS) is 10.5. The zero-order valence-electron chi connectivity index (χ0n) is 11.7. The van der Waals surface area contributed by atoms with Gasteiger partial charge in [0.1, 0.15) is 0 Å². The average molecular weight is 280 g/mol. The van der Waals surface area contributed by atoms with Crippen molar-refractivity contribution < 1.29 is 9.84 Å². The second-order valence-electron chi connectivity index (χ2n) is 4.77. The number of hydrogen-bond donors (Lipinski definition) is 2. The van der Waals surface area contributed by atoms with Gasteiger partial charge in [0, 0.05) is 29.9 Å². The van der Waals surface area contributed by atoms with E-state index in [1.54, 1.807) is 18.3 Å². The number of rotatable bonds is 4. The van der Waals surface area contributed by atoms with Crippen LogP contribution in [0.3, 0.4) is 0 Å². The van der Waals surface area contributed by atoms with Gasteiger partial charge in [-0.3, -0.25) is 4.98 Å². The van der Waals surface area contributed by atoms with Crippen LogP contribution in [0.5, 0.6) is 11.5 Å². The Balaban J connectivity index is 1.75. The van der Waals surface area contributed by atoms with Crippen LogP contribution in [0.15, 0.2) is 54.7 Å². The van der Waals surface area contributed by atoms with Gasteiger partial charge in [0.05, 0.1) is 12.6 Å². The van der Waals surface area contributed by atoms with Gasteiger partial charge in [-0.25, -0.2) is 0 Å². The Hall–Kier alpha value is -2.75. The highest BCUT2D eigenvalue weighted by Crippen LogP contribution is 2.28. The van der Waals surface area contributed by atoms with Crippen molar-refractivity contribution in [2.45, 2.75) is 6.54 Å². The molecule has 4 heteroatoms. The maximum absolute atomic E-state index is 9.76. The molecule has 0 atom stereocenters. The highest BCUT2D eigenvalue weighted by atomic mass is 16.5. The molecule has 0 aliphatic heterocycles. The summed E-state index contributed by atoms with van der Waals surface area (Å²) >= 11 is 0. The fourth-order valence-electron chi connectivity index (χ4n) is 2.24. The summed E-state index contributed by atoms with van der Waals surface area (Å²) in [6.45, 7) is 0.677. The summed E-state index contributed by atoms with van der Waals surface area (Å²) in [5.41, 5.74) is 2.99. The van der Waals surface area contributed by atoms with Gasteiger partial charge in [0.25, 0.3) is 0 Å². The molecule has 0 saturated heterocycles. The molecule has 21 heavy (non-hydrogen) atoms. The van der Waals surface area contributed by atoms with Crippen molar-refractivity contribution in [3.05, 3.63) is 60.3 Å². The van der Waals surface area contributed by atoms with E-state index in [0.717, 1.165) is 22.2 Å². The summed E-state index contributed by atoms with van der Waals surface area (Å²) < 4.78 is 5.03. The van der Waals surface area contributed by atoms with Crippen molar-refractivity contribution in [1.29, 1.82) is 0 Å². The van der Waals surface area contributed by atoms with Gasteiger partial charge < -0.3 is 15.2 Å². The molecule has 4 nitrogen and oxygen atoms in total. The van der Waals surface area contributed by atoms with E-state index in [4.69, 9.17) is 4.74 Å². The van der Waals surface area contributed by atoms with Gasteiger partial charge in [-0.05, 0) is 35.9 Å². The first kappa shape index (κ1) is 13.2. The molecule has 1 heterocycles. The monoisotopic (exact) mass is 280 g/mol. The number of nitrogens with one attached hydrogen (secondary N) is 1. The van der Waals surface area contributed by atoms with Crippen LogP contribution >= 0.6 is 0 Å². The first-order chi connectivity index (χ1) is 10.3. The molecule has 3 rings (SSSR count). The molecule has 0 fully saturated rings. The molecule has 0 radical (unpaired) electrons. The highest BCUT2D eigenvalue weighted by molar-refractivity contribution is 5.79. The number of methoxy groups -OCH3 is 1. The zero-order valence-corrected chi connectivity index (χ0v) is 11.7. The smallest absolute Gasteiger partial charge is 0.160 e. The second-order valence-corrected chi connectivity index (χ2v) is 4.77. The Kier molecular flexibility index (Phi) is 3.60. The molecule has 2 aromatic carbocycles. The molecule has 0 saturated carbocycles. The van der Waals surface area contributed by atoms with Crippen LogP contribution in [0.4, 0.5) is 5.69 Å². The number of phenolic OH excluding ortho intramolecular Hbond substituents is 1. The van der Waals surface area contributed by atoms with E-state index in [2.05, 4.69) is 16.4 Å². The van der Waals surface area contributed by atoms with E-state index in [1.807, 2.05) is 30.3 Å². The van der Waals surface area contributed by atoms with Crippen molar-refractivity contribution in [3.8, 4) is 11.5 Å². The summed E-state index contributed by atoms with van der Waals surface area (Å²) in [5.74, 6) is 0.600. The van der Waals surface area contributed by atoms with Crippen LogP contribution in [-0.4, -0.2) is 17.2 Å². The van der Waals surface area contributed by atoms with Crippen molar-refractivity contribution in [1.82, 2.24) is 4.98 Å². The summed E-state index contributed by atoms with van der Waals surface area (Å²) in [6.07, 6.45) is 1.79. The lowest BCUT2D eigenvalue weighted by atomic mass is 10.1. The van der Waals surface area contributed by atoms with E-state index in [0.29, 0.717) is 12.3 Å². The molecule has 106 valence electrons. The van der Waals surface area contributed by atoms with E-state index >= 15 is 0 Å². The van der Waals surface area contributed by atoms with Gasteiger partial charge in [0.15, 0.2) is 11.5 Å². The summed E-state index contributed by atoms with van der Waals surface area (Å²) in [5, 5.41) is 14.2. The van der Waals surface area contributed by atoms with Crippen molar-refractivity contribution in [2.75, 3.05) is 12.4 Å². The van der Waals surface area contributed by atoms with Crippen molar-refractivity contribution >= 4 is 16.6 Å². The van der Waals surface area contributed by atoms with Crippen LogP contribution in [0, 0.1) is 0 Å². The van der Waals surface area contributed by atoms with Crippen molar-refractivity contribution in [2.24, 2.45) is 0 Å². The third-order valence-electron chi connectivity index (χ3n) is 3.34. The Labute approximate surface area is 123 Å². The minimum Gasteiger partial charge on any atom is -0.504 e. The molecular formula is C17H16N2O2. The van der Waals surface area contributed by atoms with Gasteiger partial charge in [-0.15, -0.1) is 0 Å². The third-order valence-corrected chi connectivity index (χ3v) is 3.34. The minimum absolute atomic E-state index is 0.130. The van der Waals surface area contributed by atoms with Gasteiger partial charge in [-0.2, -0.15) is 0 Å². The Morgan fingerprint density at radius 2 is 2.05 bits per heavy atom. The molecule has 3 aromatic rings. The maximum Gasteiger partial charge on any atom is 0.160 e. The fourth-order valence-corrected chi connectivity index (χ4v) is 2.24. The Morgan fingerprint density at radius 1 is 1.14 bits per heavy atom. The van der Waals surface area contributed by atoms with E-state index in [9.17, 15) is 5.11 Å². The van der Waals surface area contributed by atoms with Crippen LogP contribution in [0.2, 0.25) is 0 Å². The van der Waals surface area contributed by atoms with Gasteiger partial charge in [-0.1, -0.05) is 12.1 Å². The van der Waals surface area contributed by atoms with Crippen molar-refractivity contribution in [3.63, 3.8) is 0 Å². The number of anilines is 1. The maximum atomic E-state index is 9.76. The summed E-state index contributed by atoms with van der Waals surface area (Å²) in [6, 6.07) is 15.4. The first-order valence-corrected chi connectivity index (χ1v) is 6.71. The number of ether oxygens (including phenoxy) is 1. The lowest BCUT2D eigenvalue weighted by molar-refractivity contribution is 0.373. The quantitative estimate of drug-likeness (QED) is 0.767. The SMILES string of the molecule is COc1ccc(NCc2ccc3ncccc3c2)cc1O. The summed E-state index contributed by atoms with van der Waals surface area (Å²) in [7, 11) is 1.53. The molecule has 0 spiro atoms. The van der Waals surface area contributed by atoms with Crippen LogP contribution in [0.1, 0.15) is 5.56 Å². The molecule has 1 aromatic heterocycles. The Morgan fingerprint density at radius 3 is 2.86 bits per heavy atom. The zero-order chi connectivity index (χ0) is 14.7. The van der Waals surface area contributed by atoms with Crippen LogP contribution < -0.4 is 10.1 Å². The minimum atomic E-state index is 0.130. The summed E-state index contributed by atoms with van der Waals surface area (Å²) in [4.78, 5) is 4.30. The highest BCUT2D eigenvalue weighted by Gasteiger charge is 2.02. The fraction of sp³-hybridized carbons (Fsp3) is 0.118. The molecule has 0 unspecified atom stereocenters. The molecule has 0 bridgehead atoms. The molecular weight excluding hydrogens is 264 g/mol. The lowest BCUT2D eigenvalue weighted by Crippen LogP contribution is -1.99. The third kappa shape index (κ3) is 2.89. The predicted octanol–water partition coefficient (Wildman–Crippen LogP) is 3.56. The lowest BCUT2D eigenvalue weighted by Gasteiger charge is -2.09. The standard InChI is InChI=1S/C17H16N2O2/c1-21-17-7-5-14(10-16(17)20)19-11-12-4-6-15-13(9-12)3-2-8-18-15/h2-10,19-20H,11H2,1H3. The molecule has 2 N–H and O–H groups in total. The number of benzene rings is 2. The molecule has 0 aliphatic carbocycles. The number of hydrogen-bond acceptors (Lipinski definition) is 4. The van der Waals surface area contributed by atoms with Crippen LogP contribution in [0.25, 0.3) is 10.9 Å². The number of nitrogens with zero attached hydrogens (tertiary/aromatic N) is 1. The van der Waals surface area contributed by atoms with Crippen LogP contribution in [-0.2, 0) is 6.54 Å². The van der Waals surface area contributed by atoms with Gasteiger partial charge >= 0.3 is 0 Å². The van der Waals surface area contributed by atoms with E-state index < -0.39 is 0 Å². The van der Waals surface area contributed by atoms with E-state index in [-0.39, 0.29) is 5.75 Å². The predicted molar refractivity (Wildman–Crippen MR) is 83.7 cm³/mol. The van der Waals surface area contributed by atoms with E-state index in [1.165, 1.54) is 7.11 Å². The second kappa shape index (κ2) is 5.71. The number of aromatic hydroxyl groups is 1. The largest absolute Gasteiger partial charge is 0.504 e. The number of pyridine rings is 1. The molecule has 0 amide bonds. The average Bonchev–Trinajstić information content (AvgIpc) is 2.53.